The lowest BCUT2D eigenvalue weighted by atomic mass is 10.2. The van der Waals surface area contributed by atoms with Crippen LogP contribution in [0, 0.1) is 0 Å². The van der Waals surface area contributed by atoms with Gasteiger partial charge in [-0.1, -0.05) is 18.9 Å². The van der Waals surface area contributed by atoms with Crippen molar-refractivity contribution >= 4 is 22.7 Å². The Morgan fingerprint density at radius 3 is 2.94 bits per heavy atom. The summed E-state index contributed by atoms with van der Waals surface area (Å²) in [4.78, 5) is 8.34. The zero-order chi connectivity index (χ0) is 12.2. The minimum Gasteiger partial charge on any atom is -0.298 e. The van der Waals surface area contributed by atoms with Gasteiger partial charge in [-0.3, -0.25) is 4.84 Å². The lowest BCUT2D eigenvalue weighted by molar-refractivity contribution is -0.0239. The molecule has 1 saturated carbocycles. The Labute approximate surface area is 116 Å². The van der Waals surface area contributed by atoms with Crippen molar-refractivity contribution in [3.05, 3.63) is 33.8 Å². The summed E-state index contributed by atoms with van der Waals surface area (Å²) in [6.07, 6.45) is 5.47. The van der Waals surface area contributed by atoms with Crippen molar-refractivity contribution in [3.8, 4) is 10.4 Å². The largest absolute Gasteiger partial charge is 0.298 e. The third-order valence-electron chi connectivity index (χ3n) is 3.26. The summed E-state index contributed by atoms with van der Waals surface area (Å²) in [5.41, 5.74) is 4.44. The van der Waals surface area contributed by atoms with Gasteiger partial charge in [-0.15, -0.1) is 22.7 Å². The molecule has 0 atom stereocenters. The van der Waals surface area contributed by atoms with Crippen molar-refractivity contribution in [3.63, 3.8) is 0 Å². The van der Waals surface area contributed by atoms with E-state index in [4.69, 9.17) is 4.84 Å². The average molecular weight is 279 g/mol. The fraction of sp³-hybridized carbons (Fsp3) is 0.429. The molecule has 0 spiro atoms. The molecule has 1 aliphatic rings. The number of rotatable bonds is 5. The Hall–Kier alpha value is -0.680. The second-order valence-corrected chi connectivity index (χ2v) is 6.57. The maximum absolute atomic E-state index is 5.67. The fourth-order valence-electron chi connectivity index (χ4n) is 2.28. The van der Waals surface area contributed by atoms with Crippen LogP contribution >= 0.6 is 22.7 Å². The van der Waals surface area contributed by atoms with Gasteiger partial charge in [0.2, 0.25) is 0 Å². The number of hydrogen-bond donors (Lipinski definition) is 1. The number of hydrogen-bond acceptors (Lipinski definition) is 4. The van der Waals surface area contributed by atoms with Gasteiger partial charge in [0.05, 0.1) is 12.6 Å². The molecule has 18 heavy (non-hydrogen) atoms. The smallest absolute Gasteiger partial charge is 0.0790 e. The van der Waals surface area contributed by atoms with Gasteiger partial charge in [0.15, 0.2) is 0 Å². The van der Waals surface area contributed by atoms with Gasteiger partial charge >= 0.3 is 0 Å². The number of nitrogens with one attached hydrogen (secondary N) is 1. The topological polar surface area (TPSA) is 21.3 Å². The van der Waals surface area contributed by atoms with Gasteiger partial charge in [0.25, 0.3) is 0 Å². The van der Waals surface area contributed by atoms with Gasteiger partial charge in [-0.25, -0.2) is 0 Å². The van der Waals surface area contributed by atoms with E-state index >= 15 is 0 Å². The second-order valence-electron chi connectivity index (χ2n) is 4.62. The van der Waals surface area contributed by atoms with Crippen LogP contribution in [0.25, 0.3) is 10.4 Å². The van der Waals surface area contributed by atoms with E-state index in [9.17, 15) is 0 Å². The molecule has 1 fully saturated rings. The Balaban J connectivity index is 1.51. The SMILES string of the molecule is c1csc(-c2csc(CNOC3CCCC3)c2)c1. The maximum Gasteiger partial charge on any atom is 0.0790 e. The van der Waals surface area contributed by atoms with Crippen LogP contribution in [0.5, 0.6) is 0 Å². The van der Waals surface area contributed by atoms with Gasteiger partial charge < -0.3 is 0 Å². The van der Waals surface area contributed by atoms with Crippen LogP contribution in [0.4, 0.5) is 0 Å². The monoisotopic (exact) mass is 279 g/mol. The van der Waals surface area contributed by atoms with E-state index in [0.717, 1.165) is 6.54 Å². The minimum absolute atomic E-state index is 0.432. The molecule has 0 unspecified atom stereocenters. The molecule has 0 saturated heterocycles. The van der Waals surface area contributed by atoms with Crippen LogP contribution in [0.15, 0.2) is 29.0 Å². The Morgan fingerprint density at radius 2 is 2.17 bits per heavy atom. The van der Waals surface area contributed by atoms with Crippen LogP contribution in [-0.2, 0) is 11.4 Å². The van der Waals surface area contributed by atoms with E-state index in [1.165, 1.54) is 41.0 Å². The first-order valence-corrected chi connectivity index (χ1v) is 8.17. The van der Waals surface area contributed by atoms with Crippen molar-refractivity contribution in [2.75, 3.05) is 0 Å². The van der Waals surface area contributed by atoms with Crippen LogP contribution in [-0.4, -0.2) is 6.10 Å². The van der Waals surface area contributed by atoms with Crippen molar-refractivity contribution in [1.82, 2.24) is 5.48 Å². The Kier molecular flexibility index (Phi) is 4.10. The highest BCUT2D eigenvalue weighted by Gasteiger charge is 2.15. The molecule has 2 heterocycles. The zero-order valence-electron chi connectivity index (χ0n) is 10.2. The average Bonchev–Trinajstić information content (AvgIpc) is 3.12. The lowest BCUT2D eigenvalue weighted by Gasteiger charge is -2.10. The predicted molar refractivity (Wildman–Crippen MR) is 77.8 cm³/mol. The molecule has 0 radical (unpaired) electrons. The van der Waals surface area contributed by atoms with Crippen molar-refractivity contribution in [1.29, 1.82) is 0 Å². The highest BCUT2D eigenvalue weighted by atomic mass is 32.1. The highest BCUT2D eigenvalue weighted by Crippen LogP contribution is 2.29. The summed E-state index contributed by atoms with van der Waals surface area (Å²) in [6.45, 7) is 0.812. The molecule has 0 amide bonds. The van der Waals surface area contributed by atoms with Crippen LogP contribution in [0.2, 0.25) is 0 Å². The summed E-state index contributed by atoms with van der Waals surface area (Å²) in [7, 11) is 0. The third kappa shape index (κ3) is 3.01. The summed E-state index contributed by atoms with van der Waals surface area (Å²) < 4.78 is 0. The highest BCUT2D eigenvalue weighted by molar-refractivity contribution is 7.14. The lowest BCUT2D eigenvalue weighted by Crippen LogP contribution is -2.20. The van der Waals surface area contributed by atoms with Gasteiger partial charge in [0, 0.05) is 15.3 Å². The van der Waals surface area contributed by atoms with Crippen LogP contribution in [0.3, 0.4) is 0 Å². The molecule has 3 rings (SSSR count). The Morgan fingerprint density at radius 1 is 1.28 bits per heavy atom. The van der Waals surface area contributed by atoms with Crippen molar-refractivity contribution < 1.29 is 4.84 Å². The quantitative estimate of drug-likeness (QED) is 0.817. The molecule has 1 aliphatic carbocycles. The molecule has 1 N–H and O–H groups in total. The summed E-state index contributed by atoms with van der Waals surface area (Å²) in [5.74, 6) is 0. The second kappa shape index (κ2) is 5.97. The summed E-state index contributed by atoms with van der Waals surface area (Å²) >= 11 is 3.58. The molecule has 0 bridgehead atoms. The summed E-state index contributed by atoms with van der Waals surface area (Å²) in [5, 5.41) is 4.34. The van der Waals surface area contributed by atoms with E-state index in [1.807, 2.05) is 0 Å². The van der Waals surface area contributed by atoms with E-state index in [1.54, 1.807) is 22.7 Å². The van der Waals surface area contributed by atoms with Gasteiger partial charge in [0.1, 0.15) is 0 Å². The molecular weight excluding hydrogens is 262 g/mol. The molecule has 4 heteroatoms. The summed E-state index contributed by atoms with van der Waals surface area (Å²) in [6, 6.07) is 6.51. The first-order chi connectivity index (χ1) is 8.92. The van der Waals surface area contributed by atoms with E-state index in [0.29, 0.717) is 6.10 Å². The molecule has 0 aromatic carbocycles. The van der Waals surface area contributed by atoms with Gasteiger partial charge in [-0.05, 0) is 35.7 Å². The normalized spacial score (nSPS) is 16.4. The Bertz CT molecular complexity index is 472. The molecule has 96 valence electrons. The standard InChI is InChI=1S/C14H17NOS2/c1-2-5-12(4-1)16-15-9-13-8-11(10-18-13)14-6-3-7-17-14/h3,6-8,10,12,15H,1-2,4-5,9H2. The number of thiophene rings is 2. The van der Waals surface area contributed by atoms with Crippen molar-refractivity contribution in [2.45, 2.75) is 38.3 Å². The molecule has 2 nitrogen and oxygen atoms in total. The fourth-order valence-corrected chi connectivity index (χ4v) is 3.88. The third-order valence-corrected chi connectivity index (χ3v) is 5.11. The van der Waals surface area contributed by atoms with E-state index in [2.05, 4.69) is 34.4 Å². The maximum atomic E-state index is 5.67. The molecule has 2 aromatic rings. The van der Waals surface area contributed by atoms with Gasteiger partial charge in [-0.2, -0.15) is 5.48 Å². The van der Waals surface area contributed by atoms with E-state index in [-0.39, 0.29) is 0 Å². The van der Waals surface area contributed by atoms with Crippen LogP contribution in [0.1, 0.15) is 30.6 Å². The zero-order valence-corrected chi connectivity index (χ0v) is 11.9. The molecular formula is C14H17NOS2. The first-order valence-electron chi connectivity index (χ1n) is 6.41. The number of hydroxylamine groups is 1. The van der Waals surface area contributed by atoms with E-state index < -0.39 is 0 Å². The minimum atomic E-state index is 0.432. The van der Waals surface area contributed by atoms with Crippen LogP contribution < -0.4 is 5.48 Å². The van der Waals surface area contributed by atoms with Crippen molar-refractivity contribution in [2.24, 2.45) is 0 Å². The predicted octanol–water partition coefficient (Wildman–Crippen LogP) is 4.44. The molecule has 2 aromatic heterocycles. The first kappa shape index (κ1) is 12.4. The molecule has 0 aliphatic heterocycles.